The van der Waals surface area contributed by atoms with Crippen LogP contribution in [-0.2, 0) is 4.79 Å². The van der Waals surface area contributed by atoms with Crippen molar-refractivity contribution in [1.29, 1.82) is 0 Å². The smallest absolute Gasteiger partial charge is 0.323 e. The fraction of sp³-hybridized carbons (Fsp3) is 0.938. The van der Waals surface area contributed by atoms with Crippen LogP contribution in [0.2, 0.25) is 0 Å². The largest absolute Gasteiger partial charge is 0.480 e. The molecular formula is C16H30N2O2. The van der Waals surface area contributed by atoms with E-state index >= 15 is 0 Å². The summed E-state index contributed by atoms with van der Waals surface area (Å²) in [6, 6.07) is 1.08. The molecule has 0 heterocycles. The Morgan fingerprint density at radius 1 is 1.40 bits per heavy atom. The Morgan fingerprint density at radius 2 is 2.05 bits per heavy atom. The normalized spacial score (nSPS) is 23.6. The number of carboxylic acids is 1. The molecule has 20 heavy (non-hydrogen) atoms. The monoisotopic (exact) mass is 282 g/mol. The van der Waals surface area contributed by atoms with Gasteiger partial charge in [0.1, 0.15) is 5.54 Å². The van der Waals surface area contributed by atoms with Crippen LogP contribution in [0.1, 0.15) is 58.8 Å². The first-order valence-corrected chi connectivity index (χ1v) is 8.20. The molecule has 2 atom stereocenters. The predicted molar refractivity (Wildman–Crippen MR) is 80.9 cm³/mol. The minimum atomic E-state index is -0.704. The van der Waals surface area contributed by atoms with Crippen LogP contribution in [0.15, 0.2) is 0 Å². The van der Waals surface area contributed by atoms with E-state index in [1.54, 1.807) is 0 Å². The first-order valence-electron chi connectivity index (χ1n) is 8.20. The molecule has 116 valence electrons. The van der Waals surface area contributed by atoms with Gasteiger partial charge in [0.15, 0.2) is 0 Å². The van der Waals surface area contributed by atoms with Gasteiger partial charge in [0.2, 0.25) is 0 Å². The summed E-state index contributed by atoms with van der Waals surface area (Å²) in [4.78, 5) is 14.1. The molecule has 0 aromatic rings. The number of nitrogens with zero attached hydrogens (tertiary/aromatic N) is 1. The summed E-state index contributed by atoms with van der Waals surface area (Å²) in [6.07, 6.45) is 7.35. The first kappa shape index (κ1) is 15.8. The van der Waals surface area contributed by atoms with E-state index in [9.17, 15) is 9.90 Å². The maximum absolute atomic E-state index is 11.7. The van der Waals surface area contributed by atoms with Gasteiger partial charge in [0.05, 0.1) is 0 Å². The molecule has 4 nitrogen and oxygen atoms in total. The van der Waals surface area contributed by atoms with Gasteiger partial charge >= 0.3 is 5.97 Å². The summed E-state index contributed by atoms with van der Waals surface area (Å²) in [7, 11) is 2.17. The number of hydrogen-bond donors (Lipinski definition) is 2. The maximum Gasteiger partial charge on any atom is 0.323 e. The third-order valence-corrected chi connectivity index (χ3v) is 5.18. The second-order valence-electron chi connectivity index (χ2n) is 6.82. The Labute approximate surface area is 122 Å². The standard InChI is InChI=1S/C16H30N2O2/c1-4-16(15(19)20,17-14-8-9-14)10-5-11-18(3)12(2)13-6-7-13/h12-14,17H,4-11H2,1-3H3,(H,19,20). The first-order chi connectivity index (χ1) is 9.48. The average Bonchev–Trinajstić information content (AvgIpc) is 3.28. The minimum Gasteiger partial charge on any atom is -0.480 e. The highest BCUT2D eigenvalue weighted by Gasteiger charge is 2.40. The Bertz CT molecular complexity index is 339. The number of carbonyl (C=O) groups is 1. The zero-order valence-electron chi connectivity index (χ0n) is 13.2. The second kappa shape index (κ2) is 6.44. The van der Waals surface area contributed by atoms with Crippen LogP contribution in [0.5, 0.6) is 0 Å². The number of carboxylic acid groups (broad SMARTS) is 1. The van der Waals surface area contributed by atoms with Crippen LogP contribution in [0, 0.1) is 5.92 Å². The summed E-state index contributed by atoms with van der Waals surface area (Å²) in [5.74, 6) is 0.199. The van der Waals surface area contributed by atoms with Crippen molar-refractivity contribution in [3.63, 3.8) is 0 Å². The van der Waals surface area contributed by atoms with Gasteiger partial charge in [0, 0.05) is 12.1 Å². The topological polar surface area (TPSA) is 52.6 Å². The van der Waals surface area contributed by atoms with E-state index in [0.717, 1.165) is 38.1 Å². The summed E-state index contributed by atoms with van der Waals surface area (Å²) in [5, 5.41) is 13.0. The molecule has 0 amide bonds. The molecule has 2 saturated carbocycles. The van der Waals surface area contributed by atoms with Crippen molar-refractivity contribution in [2.45, 2.75) is 76.4 Å². The van der Waals surface area contributed by atoms with Gasteiger partial charge in [-0.15, -0.1) is 0 Å². The van der Waals surface area contributed by atoms with E-state index in [-0.39, 0.29) is 0 Å². The van der Waals surface area contributed by atoms with Crippen molar-refractivity contribution >= 4 is 5.97 Å². The van der Waals surface area contributed by atoms with Crippen molar-refractivity contribution in [1.82, 2.24) is 10.2 Å². The van der Waals surface area contributed by atoms with Crippen LogP contribution in [0.4, 0.5) is 0 Å². The number of nitrogens with one attached hydrogen (secondary N) is 1. The van der Waals surface area contributed by atoms with Crippen LogP contribution < -0.4 is 5.32 Å². The molecule has 2 aliphatic rings. The quantitative estimate of drug-likeness (QED) is 0.646. The molecular weight excluding hydrogens is 252 g/mol. The number of aliphatic carboxylic acids is 1. The minimum absolute atomic E-state index is 0.439. The zero-order valence-corrected chi connectivity index (χ0v) is 13.2. The van der Waals surface area contributed by atoms with Gasteiger partial charge in [-0.2, -0.15) is 0 Å². The molecule has 2 aliphatic carbocycles. The molecule has 0 spiro atoms. The van der Waals surface area contributed by atoms with Gasteiger partial charge < -0.3 is 10.0 Å². The highest BCUT2D eigenvalue weighted by molar-refractivity contribution is 5.78. The third kappa shape index (κ3) is 3.95. The fourth-order valence-electron chi connectivity index (χ4n) is 3.06. The number of hydrogen-bond acceptors (Lipinski definition) is 3. The molecule has 2 fully saturated rings. The van der Waals surface area contributed by atoms with Crippen LogP contribution in [0.3, 0.4) is 0 Å². The SMILES string of the molecule is CCC(CCCN(C)C(C)C1CC1)(NC1CC1)C(=O)O. The molecule has 2 unspecified atom stereocenters. The molecule has 4 heteroatoms. The third-order valence-electron chi connectivity index (χ3n) is 5.18. The molecule has 0 radical (unpaired) electrons. The Balaban J connectivity index is 1.79. The summed E-state index contributed by atoms with van der Waals surface area (Å²) in [5.41, 5.74) is -0.704. The molecule has 0 aromatic carbocycles. The lowest BCUT2D eigenvalue weighted by atomic mass is 9.90. The second-order valence-corrected chi connectivity index (χ2v) is 6.82. The van der Waals surface area contributed by atoms with Gasteiger partial charge in [-0.05, 0) is 71.4 Å². The predicted octanol–water partition coefficient (Wildman–Crippen LogP) is 2.48. The lowest BCUT2D eigenvalue weighted by Gasteiger charge is -2.31. The molecule has 0 bridgehead atoms. The Kier molecular flexibility index (Phi) is 5.08. The molecule has 0 aliphatic heterocycles. The van der Waals surface area contributed by atoms with Crippen LogP contribution in [-0.4, -0.2) is 47.2 Å². The van der Waals surface area contributed by atoms with Crippen molar-refractivity contribution in [3.8, 4) is 0 Å². The van der Waals surface area contributed by atoms with Crippen LogP contribution in [0.25, 0.3) is 0 Å². The number of rotatable bonds is 10. The van der Waals surface area contributed by atoms with E-state index in [2.05, 4.69) is 24.2 Å². The van der Waals surface area contributed by atoms with Crippen LogP contribution >= 0.6 is 0 Å². The van der Waals surface area contributed by atoms with E-state index < -0.39 is 11.5 Å². The van der Waals surface area contributed by atoms with E-state index in [0.29, 0.717) is 18.5 Å². The van der Waals surface area contributed by atoms with Gasteiger partial charge in [0.25, 0.3) is 0 Å². The molecule has 0 aromatic heterocycles. The summed E-state index contributed by atoms with van der Waals surface area (Å²) >= 11 is 0. The lowest BCUT2D eigenvalue weighted by molar-refractivity contribution is -0.145. The highest BCUT2D eigenvalue weighted by atomic mass is 16.4. The molecule has 0 saturated heterocycles. The lowest BCUT2D eigenvalue weighted by Crippen LogP contribution is -2.53. The van der Waals surface area contributed by atoms with Gasteiger partial charge in [-0.1, -0.05) is 6.92 Å². The fourth-order valence-corrected chi connectivity index (χ4v) is 3.06. The van der Waals surface area contributed by atoms with E-state index in [4.69, 9.17) is 0 Å². The van der Waals surface area contributed by atoms with Crippen molar-refractivity contribution in [2.75, 3.05) is 13.6 Å². The van der Waals surface area contributed by atoms with Gasteiger partial charge in [-0.25, -0.2) is 0 Å². The van der Waals surface area contributed by atoms with Crippen molar-refractivity contribution in [3.05, 3.63) is 0 Å². The maximum atomic E-state index is 11.7. The summed E-state index contributed by atoms with van der Waals surface area (Å²) < 4.78 is 0. The van der Waals surface area contributed by atoms with E-state index in [1.807, 2.05) is 6.92 Å². The Morgan fingerprint density at radius 3 is 2.50 bits per heavy atom. The highest BCUT2D eigenvalue weighted by Crippen LogP contribution is 2.35. The van der Waals surface area contributed by atoms with E-state index in [1.165, 1.54) is 12.8 Å². The molecule has 2 N–H and O–H groups in total. The van der Waals surface area contributed by atoms with Gasteiger partial charge in [-0.3, -0.25) is 10.1 Å². The van der Waals surface area contributed by atoms with Crippen molar-refractivity contribution < 1.29 is 9.90 Å². The summed E-state index contributed by atoms with van der Waals surface area (Å²) in [6.45, 7) is 5.28. The zero-order chi connectivity index (χ0) is 14.8. The van der Waals surface area contributed by atoms with Crippen molar-refractivity contribution in [2.24, 2.45) is 5.92 Å². The molecule has 2 rings (SSSR count). The average molecular weight is 282 g/mol. The Hall–Kier alpha value is -0.610.